The van der Waals surface area contributed by atoms with Crippen LogP contribution in [0.25, 0.3) is 0 Å². The van der Waals surface area contributed by atoms with E-state index in [1.807, 2.05) is 0 Å². The van der Waals surface area contributed by atoms with Crippen molar-refractivity contribution in [3.63, 3.8) is 0 Å². The Labute approximate surface area is 123 Å². The lowest BCUT2D eigenvalue weighted by Gasteiger charge is -2.64. The maximum Gasteiger partial charge on any atom is 0.0691 e. The predicted octanol–water partition coefficient (Wildman–Crippen LogP) is 1.15. The van der Waals surface area contributed by atoms with Gasteiger partial charge < -0.3 is 10.5 Å². The third kappa shape index (κ3) is 1.88. The highest BCUT2D eigenvalue weighted by Gasteiger charge is 2.67. The molecule has 0 aromatic heterocycles. The van der Waals surface area contributed by atoms with Crippen molar-refractivity contribution in [1.29, 1.82) is 0 Å². The monoisotopic (exact) mass is 281 g/mol. The van der Waals surface area contributed by atoms with Crippen molar-refractivity contribution in [2.45, 2.75) is 57.8 Å². The molecule has 0 amide bonds. The lowest BCUT2D eigenvalue weighted by Crippen LogP contribution is -2.78. The van der Waals surface area contributed by atoms with E-state index in [2.05, 4.69) is 44.5 Å². The summed E-state index contributed by atoms with van der Waals surface area (Å²) < 4.78 is 5.90. The molecule has 116 valence electrons. The molecule has 0 aromatic rings. The third-order valence-corrected chi connectivity index (χ3v) is 6.58. The fourth-order valence-corrected chi connectivity index (χ4v) is 4.81. The highest BCUT2D eigenvalue weighted by Crippen LogP contribution is 2.58. The van der Waals surface area contributed by atoms with Crippen LogP contribution in [0.2, 0.25) is 0 Å². The molecule has 2 heterocycles. The number of nitrogens with zero attached hydrogens (tertiary/aromatic N) is 2. The lowest BCUT2D eigenvalue weighted by atomic mass is 9.48. The first kappa shape index (κ1) is 14.8. The molecule has 3 aliphatic rings. The minimum Gasteiger partial charge on any atom is -0.377 e. The van der Waals surface area contributed by atoms with Crippen molar-refractivity contribution < 1.29 is 4.74 Å². The summed E-state index contributed by atoms with van der Waals surface area (Å²) in [5.74, 6) is 0.558. The van der Waals surface area contributed by atoms with E-state index in [0.717, 1.165) is 32.7 Å². The quantitative estimate of drug-likeness (QED) is 0.824. The molecular formula is C16H31N3O. The van der Waals surface area contributed by atoms with E-state index in [-0.39, 0.29) is 11.0 Å². The van der Waals surface area contributed by atoms with Crippen LogP contribution in [-0.2, 0) is 4.74 Å². The molecule has 1 aliphatic carbocycles. The summed E-state index contributed by atoms with van der Waals surface area (Å²) >= 11 is 0. The smallest absolute Gasteiger partial charge is 0.0691 e. The van der Waals surface area contributed by atoms with Crippen LogP contribution in [0.1, 0.15) is 34.1 Å². The molecule has 0 spiro atoms. The fraction of sp³-hybridized carbons (Fsp3) is 1.00. The zero-order chi connectivity index (χ0) is 14.7. The van der Waals surface area contributed by atoms with Gasteiger partial charge in [-0.2, -0.15) is 0 Å². The Bertz CT molecular complexity index is 374. The number of hydrogen-bond acceptors (Lipinski definition) is 4. The number of piperazine rings is 1. The Morgan fingerprint density at radius 3 is 2.40 bits per heavy atom. The van der Waals surface area contributed by atoms with Gasteiger partial charge in [-0.3, -0.25) is 9.80 Å². The summed E-state index contributed by atoms with van der Waals surface area (Å²) in [6, 6.07) is 1.22. The van der Waals surface area contributed by atoms with Crippen molar-refractivity contribution in [3.05, 3.63) is 0 Å². The highest BCUT2D eigenvalue weighted by atomic mass is 16.5. The predicted molar refractivity (Wildman–Crippen MR) is 81.7 cm³/mol. The van der Waals surface area contributed by atoms with Crippen molar-refractivity contribution in [2.24, 2.45) is 17.1 Å². The molecule has 2 aliphatic heterocycles. The second-order valence-corrected chi connectivity index (χ2v) is 8.01. The van der Waals surface area contributed by atoms with Gasteiger partial charge in [0, 0.05) is 55.2 Å². The second kappa shape index (κ2) is 4.67. The van der Waals surface area contributed by atoms with Gasteiger partial charge in [0.05, 0.1) is 6.10 Å². The summed E-state index contributed by atoms with van der Waals surface area (Å²) in [6.45, 7) is 13.4. The summed E-state index contributed by atoms with van der Waals surface area (Å²) in [5, 5.41) is 0. The highest BCUT2D eigenvalue weighted by molar-refractivity contribution is 5.21. The second-order valence-electron chi connectivity index (χ2n) is 8.01. The normalized spacial score (nSPS) is 48.9. The first-order valence-corrected chi connectivity index (χ1v) is 8.12. The summed E-state index contributed by atoms with van der Waals surface area (Å²) in [4.78, 5) is 5.07. The average Bonchev–Trinajstić information content (AvgIpc) is 2.84. The van der Waals surface area contributed by atoms with E-state index in [1.165, 1.54) is 0 Å². The minimum atomic E-state index is -0.0798. The number of fused-ring (bicyclic) bond motifs is 1. The van der Waals surface area contributed by atoms with Gasteiger partial charge in [-0.05, 0) is 27.3 Å². The average molecular weight is 281 g/mol. The Balaban J connectivity index is 1.71. The molecule has 5 atom stereocenters. The molecule has 20 heavy (non-hydrogen) atoms. The maximum atomic E-state index is 6.89. The molecule has 3 fully saturated rings. The molecule has 4 nitrogen and oxygen atoms in total. The van der Waals surface area contributed by atoms with Crippen LogP contribution in [0.3, 0.4) is 0 Å². The van der Waals surface area contributed by atoms with E-state index in [9.17, 15) is 0 Å². The maximum absolute atomic E-state index is 6.89. The number of nitrogens with two attached hydrogens (primary N) is 1. The number of rotatable bonds is 2. The zero-order valence-corrected chi connectivity index (χ0v) is 13.7. The van der Waals surface area contributed by atoms with Gasteiger partial charge in [0.1, 0.15) is 0 Å². The first-order chi connectivity index (χ1) is 9.27. The summed E-state index contributed by atoms with van der Waals surface area (Å²) in [6.07, 6.45) is 1.53. The Morgan fingerprint density at radius 1 is 1.20 bits per heavy atom. The van der Waals surface area contributed by atoms with Crippen LogP contribution >= 0.6 is 0 Å². The Hall–Kier alpha value is -0.160. The Morgan fingerprint density at radius 2 is 1.80 bits per heavy atom. The molecule has 0 aromatic carbocycles. The Kier molecular flexibility index (Phi) is 3.45. The van der Waals surface area contributed by atoms with Gasteiger partial charge >= 0.3 is 0 Å². The van der Waals surface area contributed by atoms with Crippen LogP contribution in [0.4, 0.5) is 0 Å². The molecule has 2 saturated heterocycles. The van der Waals surface area contributed by atoms with Crippen molar-refractivity contribution in [1.82, 2.24) is 9.80 Å². The molecular weight excluding hydrogens is 250 g/mol. The van der Waals surface area contributed by atoms with Gasteiger partial charge in [-0.1, -0.05) is 13.8 Å². The van der Waals surface area contributed by atoms with Gasteiger partial charge in [-0.15, -0.1) is 0 Å². The van der Waals surface area contributed by atoms with Crippen LogP contribution in [0.5, 0.6) is 0 Å². The topological polar surface area (TPSA) is 41.7 Å². The summed E-state index contributed by atoms with van der Waals surface area (Å²) in [5.41, 5.74) is 6.91. The number of hydrogen-bond donors (Lipinski definition) is 1. The molecule has 0 radical (unpaired) electrons. The van der Waals surface area contributed by atoms with Gasteiger partial charge in [0.2, 0.25) is 0 Å². The van der Waals surface area contributed by atoms with Crippen molar-refractivity contribution >= 4 is 0 Å². The zero-order valence-electron chi connectivity index (χ0n) is 13.7. The van der Waals surface area contributed by atoms with Crippen molar-refractivity contribution in [3.8, 4) is 0 Å². The van der Waals surface area contributed by atoms with Crippen LogP contribution < -0.4 is 5.73 Å². The number of likely N-dealkylation sites (N-methyl/N-ethyl adjacent to an activating group) is 1. The van der Waals surface area contributed by atoms with E-state index in [0.29, 0.717) is 24.1 Å². The first-order valence-electron chi connectivity index (χ1n) is 8.12. The van der Waals surface area contributed by atoms with Gasteiger partial charge in [0.15, 0.2) is 0 Å². The summed E-state index contributed by atoms with van der Waals surface area (Å²) in [7, 11) is 2.24. The van der Waals surface area contributed by atoms with Crippen LogP contribution in [0, 0.1) is 11.3 Å². The molecule has 1 saturated carbocycles. The number of ether oxygens (including phenoxy) is 1. The molecule has 2 N–H and O–H groups in total. The van der Waals surface area contributed by atoms with Crippen LogP contribution in [-0.4, -0.2) is 66.8 Å². The molecule has 5 unspecified atom stereocenters. The van der Waals surface area contributed by atoms with Crippen LogP contribution in [0.15, 0.2) is 0 Å². The minimum absolute atomic E-state index is 0.0798. The standard InChI is InChI=1S/C16H31N3O/c1-11-8-19(9-12(2)18(11)5)10-16(17)13-6-7-20-14(13)15(16,3)4/h11-14H,6-10,17H2,1-5H3. The SMILES string of the molecule is CC1CN(CC2(N)C3CCOC3C2(C)C)CC(C)N1C. The van der Waals surface area contributed by atoms with E-state index in [1.54, 1.807) is 0 Å². The van der Waals surface area contributed by atoms with E-state index >= 15 is 0 Å². The fourth-order valence-electron chi connectivity index (χ4n) is 4.81. The van der Waals surface area contributed by atoms with Crippen molar-refractivity contribution in [2.75, 3.05) is 33.3 Å². The van der Waals surface area contributed by atoms with E-state index in [4.69, 9.17) is 10.5 Å². The van der Waals surface area contributed by atoms with Gasteiger partial charge in [-0.25, -0.2) is 0 Å². The lowest BCUT2D eigenvalue weighted by molar-refractivity contribution is -0.166. The van der Waals surface area contributed by atoms with E-state index < -0.39 is 0 Å². The third-order valence-electron chi connectivity index (χ3n) is 6.58. The molecule has 0 bridgehead atoms. The molecule has 4 heteroatoms. The molecule has 3 rings (SSSR count). The van der Waals surface area contributed by atoms with Gasteiger partial charge in [0.25, 0.3) is 0 Å². The largest absolute Gasteiger partial charge is 0.377 e.